The lowest BCUT2D eigenvalue weighted by atomic mass is 9.90. The molecule has 136 valence electrons. The monoisotopic (exact) mass is 375 g/mol. The number of aliphatic carboxylic acids is 1. The Morgan fingerprint density at radius 3 is 2.31 bits per heavy atom. The van der Waals surface area contributed by atoms with Crippen molar-refractivity contribution in [3.05, 3.63) is 66.0 Å². The summed E-state index contributed by atoms with van der Waals surface area (Å²) in [5, 5.41) is 9.05. The van der Waals surface area contributed by atoms with Crippen LogP contribution >= 0.6 is 12.4 Å². The molecule has 1 aliphatic rings. The number of imide groups is 1. The van der Waals surface area contributed by atoms with Gasteiger partial charge in [0.15, 0.2) is 0 Å². The Bertz CT molecular complexity index is 816. The molecule has 1 N–H and O–H groups in total. The van der Waals surface area contributed by atoms with Gasteiger partial charge in [0.25, 0.3) is 5.91 Å². The normalized spacial score (nSPS) is 19.4. The number of halogens is 1. The van der Waals surface area contributed by atoms with Gasteiger partial charge in [-0.2, -0.15) is 0 Å². The van der Waals surface area contributed by atoms with Crippen molar-refractivity contribution in [3.63, 3.8) is 0 Å². The Morgan fingerprint density at radius 2 is 1.73 bits per heavy atom. The highest BCUT2D eigenvalue weighted by molar-refractivity contribution is 6.08. The lowest BCUT2D eigenvalue weighted by Gasteiger charge is -2.32. The zero-order valence-electron chi connectivity index (χ0n) is 14.0. The molecular weight excluding hydrogens is 358 g/mol. The van der Waals surface area contributed by atoms with Gasteiger partial charge in [-0.3, -0.25) is 19.5 Å². The minimum absolute atomic E-state index is 0. The summed E-state index contributed by atoms with van der Waals surface area (Å²) in [6, 6.07) is 12.0. The van der Waals surface area contributed by atoms with E-state index in [2.05, 4.69) is 4.98 Å². The van der Waals surface area contributed by atoms with Crippen molar-refractivity contribution < 1.29 is 19.5 Å². The van der Waals surface area contributed by atoms with Crippen molar-refractivity contribution in [2.24, 2.45) is 0 Å². The fraction of sp³-hybridized carbons (Fsp3) is 0.222. The average molecular weight is 376 g/mol. The highest BCUT2D eigenvalue weighted by Crippen LogP contribution is 2.38. The van der Waals surface area contributed by atoms with Gasteiger partial charge in [-0.15, -0.1) is 12.4 Å². The molecule has 0 saturated carbocycles. The van der Waals surface area contributed by atoms with E-state index < -0.39 is 30.0 Å². The zero-order valence-corrected chi connectivity index (χ0v) is 14.8. The SMILES string of the molecule is C[C@@]1(c2ccncc2)C(=O)N(CC(=O)O)C(=O)N1Cc1ccccc1.Cl. The number of carboxylic acid groups (broad SMARTS) is 1. The number of benzene rings is 1. The predicted molar refractivity (Wildman–Crippen MR) is 95.6 cm³/mol. The molecule has 1 fully saturated rings. The summed E-state index contributed by atoms with van der Waals surface area (Å²) < 4.78 is 0. The topological polar surface area (TPSA) is 90.8 Å². The van der Waals surface area contributed by atoms with Gasteiger partial charge >= 0.3 is 12.0 Å². The molecule has 1 aromatic carbocycles. The largest absolute Gasteiger partial charge is 0.480 e. The summed E-state index contributed by atoms with van der Waals surface area (Å²) >= 11 is 0. The first kappa shape index (κ1) is 19.4. The van der Waals surface area contributed by atoms with Crippen LogP contribution in [-0.4, -0.2) is 44.3 Å². The van der Waals surface area contributed by atoms with E-state index in [1.807, 2.05) is 30.3 Å². The highest BCUT2D eigenvalue weighted by atomic mass is 35.5. The fourth-order valence-corrected chi connectivity index (χ4v) is 3.02. The van der Waals surface area contributed by atoms with E-state index in [4.69, 9.17) is 5.11 Å². The van der Waals surface area contributed by atoms with Crippen molar-refractivity contribution in [2.45, 2.75) is 19.0 Å². The van der Waals surface area contributed by atoms with Crippen LogP contribution in [-0.2, 0) is 21.7 Å². The van der Waals surface area contributed by atoms with Gasteiger partial charge in [0.2, 0.25) is 0 Å². The van der Waals surface area contributed by atoms with Crippen molar-refractivity contribution in [1.29, 1.82) is 0 Å². The maximum atomic E-state index is 13.0. The Balaban J connectivity index is 0.00000243. The Kier molecular flexibility index (Phi) is 5.62. The van der Waals surface area contributed by atoms with Gasteiger partial charge < -0.3 is 10.0 Å². The molecule has 0 unspecified atom stereocenters. The number of rotatable bonds is 5. The molecule has 1 saturated heterocycles. The van der Waals surface area contributed by atoms with Crippen molar-refractivity contribution >= 4 is 30.3 Å². The van der Waals surface area contributed by atoms with Crippen molar-refractivity contribution in [1.82, 2.24) is 14.8 Å². The molecule has 2 heterocycles. The quantitative estimate of drug-likeness (QED) is 0.809. The molecule has 0 radical (unpaired) electrons. The second kappa shape index (κ2) is 7.53. The molecular formula is C18H18ClN3O4. The van der Waals surface area contributed by atoms with Gasteiger partial charge in [-0.1, -0.05) is 30.3 Å². The second-order valence-corrected chi connectivity index (χ2v) is 5.95. The van der Waals surface area contributed by atoms with Crippen LogP contribution in [0.3, 0.4) is 0 Å². The van der Waals surface area contributed by atoms with Crippen molar-refractivity contribution in [3.8, 4) is 0 Å². The minimum Gasteiger partial charge on any atom is -0.480 e. The first-order chi connectivity index (χ1) is 11.9. The summed E-state index contributed by atoms with van der Waals surface area (Å²) in [4.78, 5) is 43.0. The number of hydrogen-bond donors (Lipinski definition) is 1. The zero-order chi connectivity index (χ0) is 18.0. The van der Waals surface area contributed by atoms with Crippen LogP contribution in [0, 0.1) is 0 Å². The molecule has 1 aromatic heterocycles. The number of amides is 3. The first-order valence-electron chi connectivity index (χ1n) is 7.74. The summed E-state index contributed by atoms with van der Waals surface area (Å²) in [6.07, 6.45) is 3.08. The summed E-state index contributed by atoms with van der Waals surface area (Å²) in [7, 11) is 0. The van der Waals surface area contributed by atoms with E-state index in [1.54, 1.807) is 31.5 Å². The van der Waals surface area contributed by atoms with E-state index in [0.717, 1.165) is 10.5 Å². The van der Waals surface area contributed by atoms with Crippen LogP contribution < -0.4 is 0 Å². The van der Waals surface area contributed by atoms with Crippen molar-refractivity contribution in [2.75, 3.05) is 6.54 Å². The lowest BCUT2D eigenvalue weighted by molar-refractivity contribution is -0.143. The third kappa shape index (κ3) is 3.25. The average Bonchev–Trinajstić information content (AvgIpc) is 2.79. The van der Waals surface area contributed by atoms with E-state index >= 15 is 0 Å². The van der Waals surface area contributed by atoms with E-state index in [0.29, 0.717) is 5.56 Å². The molecule has 2 aromatic rings. The maximum absolute atomic E-state index is 13.0. The van der Waals surface area contributed by atoms with Crippen LogP contribution in [0.5, 0.6) is 0 Å². The number of urea groups is 1. The minimum atomic E-state index is -1.29. The number of pyridine rings is 1. The van der Waals surface area contributed by atoms with E-state index in [9.17, 15) is 14.4 Å². The summed E-state index contributed by atoms with van der Waals surface area (Å²) in [5.41, 5.74) is 0.150. The van der Waals surface area contributed by atoms with Gasteiger partial charge in [-0.25, -0.2) is 4.79 Å². The van der Waals surface area contributed by atoms with Crippen LogP contribution in [0.2, 0.25) is 0 Å². The van der Waals surface area contributed by atoms with Crippen LogP contribution in [0.1, 0.15) is 18.1 Å². The molecule has 1 aliphatic heterocycles. The van der Waals surface area contributed by atoms with Crippen LogP contribution in [0.25, 0.3) is 0 Å². The maximum Gasteiger partial charge on any atom is 0.328 e. The number of hydrogen-bond acceptors (Lipinski definition) is 4. The smallest absolute Gasteiger partial charge is 0.328 e. The molecule has 0 bridgehead atoms. The summed E-state index contributed by atoms with van der Waals surface area (Å²) in [6.45, 7) is 1.16. The van der Waals surface area contributed by atoms with Gasteiger partial charge in [0.1, 0.15) is 12.1 Å². The molecule has 3 amide bonds. The van der Waals surface area contributed by atoms with Gasteiger partial charge in [-0.05, 0) is 30.2 Å². The molecule has 1 atom stereocenters. The summed E-state index contributed by atoms with van der Waals surface area (Å²) in [5.74, 6) is -1.79. The van der Waals surface area contributed by atoms with E-state index in [1.165, 1.54) is 4.90 Å². The molecule has 26 heavy (non-hydrogen) atoms. The molecule has 8 heteroatoms. The van der Waals surface area contributed by atoms with E-state index in [-0.39, 0.29) is 19.0 Å². The standard InChI is InChI=1S/C18H17N3O4.ClH/c1-18(14-7-9-19-10-8-14)16(24)20(12-15(22)23)17(25)21(18)11-13-5-3-2-4-6-13;/h2-10H,11-12H2,1H3,(H,22,23);1H/t18-;/m1./s1. The molecule has 7 nitrogen and oxygen atoms in total. The Labute approximate surface area is 156 Å². The Morgan fingerprint density at radius 1 is 1.12 bits per heavy atom. The number of carboxylic acids is 1. The Hall–Kier alpha value is -2.93. The lowest BCUT2D eigenvalue weighted by Crippen LogP contribution is -2.44. The molecule has 0 aliphatic carbocycles. The molecule has 0 spiro atoms. The third-order valence-corrected chi connectivity index (χ3v) is 4.38. The third-order valence-electron chi connectivity index (χ3n) is 4.38. The number of nitrogens with zero attached hydrogens (tertiary/aromatic N) is 3. The molecule has 3 rings (SSSR count). The number of carbonyl (C=O) groups is 3. The predicted octanol–water partition coefficient (Wildman–Crippen LogP) is 2.27. The van der Waals surface area contributed by atoms with Crippen LogP contribution in [0.4, 0.5) is 4.79 Å². The number of carbonyl (C=O) groups excluding carboxylic acids is 2. The first-order valence-corrected chi connectivity index (χ1v) is 7.74. The van der Waals surface area contributed by atoms with Gasteiger partial charge in [0, 0.05) is 18.9 Å². The van der Waals surface area contributed by atoms with Crippen LogP contribution in [0.15, 0.2) is 54.9 Å². The highest BCUT2D eigenvalue weighted by Gasteiger charge is 2.55. The fourth-order valence-electron chi connectivity index (χ4n) is 3.02. The second-order valence-electron chi connectivity index (χ2n) is 5.95. The van der Waals surface area contributed by atoms with Gasteiger partial charge in [0.05, 0.1) is 0 Å². The number of aromatic nitrogens is 1.